The van der Waals surface area contributed by atoms with Gasteiger partial charge in [-0.2, -0.15) is 0 Å². The zero-order valence-corrected chi connectivity index (χ0v) is 14.5. The van der Waals surface area contributed by atoms with Crippen molar-refractivity contribution >= 4 is 8.24 Å². The van der Waals surface area contributed by atoms with Crippen LogP contribution in [0.25, 0.3) is 0 Å². The van der Waals surface area contributed by atoms with E-state index in [2.05, 4.69) is 57.9 Å². The number of ether oxygens (including phenoxy) is 1. The Morgan fingerprint density at radius 2 is 1.68 bits per heavy atom. The molecule has 0 saturated heterocycles. The van der Waals surface area contributed by atoms with E-state index in [9.17, 15) is 0 Å². The highest BCUT2D eigenvalue weighted by molar-refractivity contribution is 6.77. The molecule has 0 aliphatic rings. The summed E-state index contributed by atoms with van der Waals surface area (Å²) in [7, 11) is 0.291. The van der Waals surface area contributed by atoms with E-state index in [1.807, 2.05) is 12.1 Å². The molecule has 1 rings (SSSR count). The number of methoxy groups -OCH3 is 1. The van der Waals surface area contributed by atoms with E-state index >= 15 is 0 Å². The van der Waals surface area contributed by atoms with Crippen LogP contribution in [0.15, 0.2) is 24.3 Å². The Kier molecular flexibility index (Phi) is 5.22. The molecular weight excluding hydrogens is 250 g/mol. The van der Waals surface area contributed by atoms with Crippen LogP contribution in [0.1, 0.15) is 33.3 Å². The smallest absolute Gasteiger partial charge is 0.125 e. The Morgan fingerprint density at radius 1 is 1.16 bits per heavy atom. The molecule has 1 atom stereocenters. The monoisotopic (exact) mass is 279 g/mol. The molecule has 0 aliphatic carbocycles. The maximum Gasteiger partial charge on any atom is 0.125 e. The fourth-order valence-corrected chi connectivity index (χ4v) is 3.77. The second-order valence-electron chi connectivity index (χ2n) is 6.97. The van der Waals surface area contributed by atoms with Gasteiger partial charge in [-0.3, -0.25) is 0 Å². The van der Waals surface area contributed by atoms with Gasteiger partial charge in [-0.05, 0) is 29.2 Å². The van der Waals surface area contributed by atoms with Crippen LogP contribution < -0.4 is 9.72 Å². The molecule has 0 amide bonds. The summed E-state index contributed by atoms with van der Waals surface area (Å²) in [5, 5.41) is 0.376. The van der Waals surface area contributed by atoms with Gasteiger partial charge >= 0.3 is 0 Å². The van der Waals surface area contributed by atoms with Crippen molar-refractivity contribution in [1.82, 2.24) is 4.98 Å². The second-order valence-corrected chi connectivity index (χ2v) is 12.0. The molecule has 3 heteroatoms. The predicted octanol–water partition coefficient (Wildman–Crippen LogP) is 4.22. The molecule has 0 radical (unpaired) electrons. The summed E-state index contributed by atoms with van der Waals surface area (Å²) < 4.78 is 5.19. The lowest BCUT2D eigenvalue weighted by molar-refractivity contribution is 0.414. The zero-order chi connectivity index (χ0) is 14.7. The maximum absolute atomic E-state index is 5.19. The molecule has 0 heterocycles. The second kappa shape index (κ2) is 6.10. The summed E-state index contributed by atoms with van der Waals surface area (Å²) >= 11 is 0. The summed E-state index contributed by atoms with van der Waals surface area (Å²) in [5.41, 5.74) is 1.36. The van der Waals surface area contributed by atoms with Gasteiger partial charge in [-0.15, -0.1) is 0 Å². The lowest BCUT2D eigenvalue weighted by Crippen LogP contribution is -2.55. The third kappa shape index (κ3) is 4.66. The number of rotatable bonds is 5. The van der Waals surface area contributed by atoms with Crippen molar-refractivity contribution in [2.45, 2.75) is 58.3 Å². The first kappa shape index (κ1) is 16.3. The van der Waals surface area contributed by atoms with E-state index in [4.69, 9.17) is 4.74 Å². The van der Waals surface area contributed by atoms with Crippen LogP contribution in [-0.2, 0) is 6.42 Å². The van der Waals surface area contributed by atoms with E-state index in [0.29, 0.717) is 11.1 Å². The molecule has 108 valence electrons. The SMILES string of the molecule is COc1ccc(CC(C)N[Si](C)(C)C(C)(C)C)cc1. The van der Waals surface area contributed by atoms with Crippen molar-refractivity contribution < 1.29 is 4.74 Å². The number of hydrogen-bond donors (Lipinski definition) is 1. The zero-order valence-electron chi connectivity index (χ0n) is 13.5. The van der Waals surface area contributed by atoms with Crippen LogP contribution in [-0.4, -0.2) is 21.4 Å². The Bertz CT molecular complexity index is 392. The third-order valence-electron chi connectivity index (χ3n) is 4.18. The van der Waals surface area contributed by atoms with Crippen LogP contribution >= 0.6 is 0 Å². The van der Waals surface area contributed by atoms with Crippen LogP contribution in [0.3, 0.4) is 0 Å². The first-order valence-corrected chi connectivity index (χ1v) is 10.1. The number of nitrogens with one attached hydrogen (secondary N) is 1. The van der Waals surface area contributed by atoms with Gasteiger partial charge in [0.1, 0.15) is 14.0 Å². The lowest BCUT2D eigenvalue weighted by atomic mass is 10.1. The van der Waals surface area contributed by atoms with Gasteiger partial charge in [0.05, 0.1) is 7.11 Å². The Balaban J connectivity index is 2.62. The van der Waals surface area contributed by atoms with Crippen LogP contribution in [0.2, 0.25) is 18.1 Å². The molecule has 1 unspecified atom stereocenters. The minimum absolute atomic E-state index is 0.376. The fraction of sp³-hybridized carbons (Fsp3) is 0.625. The molecule has 19 heavy (non-hydrogen) atoms. The van der Waals surface area contributed by atoms with Gasteiger partial charge in [0.25, 0.3) is 0 Å². The fourth-order valence-electron chi connectivity index (χ4n) is 2.00. The van der Waals surface area contributed by atoms with Crippen molar-refractivity contribution in [2.75, 3.05) is 7.11 Å². The molecule has 1 aromatic rings. The number of benzene rings is 1. The lowest BCUT2D eigenvalue weighted by Gasteiger charge is -2.39. The van der Waals surface area contributed by atoms with Gasteiger partial charge in [0.15, 0.2) is 0 Å². The topological polar surface area (TPSA) is 21.3 Å². The summed E-state index contributed by atoms with van der Waals surface area (Å²) in [6.07, 6.45) is 1.07. The minimum Gasteiger partial charge on any atom is -0.497 e. The van der Waals surface area contributed by atoms with Crippen LogP contribution in [0, 0.1) is 0 Å². The minimum atomic E-state index is -1.41. The van der Waals surface area contributed by atoms with Crippen molar-refractivity contribution in [3.63, 3.8) is 0 Å². The van der Waals surface area contributed by atoms with Gasteiger partial charge in [0, 0.05) is 6.04 Å². The molecule has 0 saturated carbocycles. The highest BCUT2D eigenvalue weighted by Crippen LogP contribution is 2.34. The van der Waals surface area contributed by atoms with Crippen molar-refractivity contribution in [3.8, 4) is 5.75 Å². The Hall–Kier alpha value is -0.803. The highest BCUT2D eigenvalue weighted by atomic mass is 28.3. The van der Waals surface area contributed by atoms with Gasteiger partial charge < -0.3 is 9.72 Å². The molecule has 0 aromatic heterocycles. The summed E-state index contributed by atoms with van der Waals surface area (Å²) in [6.45, 7) is 14.1. The average Bonchev–Trinajstić information content (AvgIpc) is 2.27. The Morgan fingerprint density at radius 3 is 2.11 bits per heavy atom. The molecule has 1 N–H and O–H groups in total. The maximum atomic E-state index is 5.19. The molecule has 0 bridgehead atoms. The van der Waals surface area contributed by atoms with Crippen LogP contribution in [0.4, 0.5) is 0 Å². The molecule has 0 fully saturated rings. The molecule has 0 aliphatic heterocycles. The van der Waals surface area contributed by atoms with Gasteiger partial charge in [0.2, 0.25) is 0 Å². The normalized spacial score (nSPS) is 14.3. The first-order valence-electron chi connectivity index (χ1n) is 7.06. The van der Waals surface area contributed by atoms with Gasteiger partial charge in [-0.25, -0.2) is 0 Å². The molecule has 2 nitrogen and oxygen atoms in total. The summed E-state index contributed by atoms with van der Waals surface area (Å²) in [5.74, 6) is 0.925. The average molecular weight is 280 g/mol. The van der Waals surface area contributed by atoms with Crippen molar-refractivity contribution in [3.05, 3.63) is 29.8 Å². The predicted molar refractivity (Wildman–Crippen MR) is 86.5 cm³/mol. The van der Waals surface area contributed by atoms with Crippen molar-refractivity contribution in [2.24, 2.45) is 0 Å². The van der Waals surface area contributed by atoms with Crippen molar-refractivity contribution in [1.29, 1.82) is 0 Å². The quantitative estimate of drug-likeness (QED) is 0.815. The summed E-state index contributed by atoms with van der Waals surface area (Å²) in [4.78, 5) is 3.88. The largest absolute Gasteiger partial charge is 0.497 e. The highest BCUT2D eigenvalue weighted by Gasteiger charge is 2.36. The standard InChI is InChI=1S/C16H29NOSi/c1-13(17-19(6,7)16(2,3)4)12-14-8-10-15(18-5)11-9-14/h8-11,13,17H,12H2,1-7H3. The Labute approximate surface area is 119 Å². The van der Waals surface area contributed by atoms with E-state index in [1.165, 1.54) is 5.56 Å². The molecule has 0 spiro atoms. The van der Waals surface area contributed by atoms with E-state index in [0.717, 1.165) is 12.2 Å². The first-order chi connectivity index (χ1) is 8.65. The van der Waals surface area contributed by atoms with E-state index < -0.39 is 8.24 Å². The van der Waals surface area contributed by atoms with E-state index in [1.54, 1.807) is 7.11 Å². The van der Waals surface area contributed by atoms with E-state index in [-0.39, 0.29) is 0 Å². The third-order valence-corrected chi connectivity index (χ3v) is 9.15. The molecule has 1 aromatic carbocycles. The summed E-state index contributed by atoms with van der Waals surface area (Å²) in [6, 6.07) is 8.89. The van der Waals surface area contributed by atoms with Gasteiger partial charge in [-0.1, -0.05) is 52.9 Å². The van der Waals surface area contributed by atoms with Crippen LogP contribution in [0.5, 0.6) is 5.75 Å². The molecular formula is C16H29NOSi. The number of hydrogen-bond acceptors (Lipinski definition) is 2.